The molecular formula is C19H15ClN4O4. The first-order valence-corrected chi connectivity index (χ1v) is 9.12. The summed E-state index contributed by atoms with van der Waals surface area (Å²) in [5.74, 6) is 1.32. The number of anilines is 1. The number of halogens is 1. The highest BCUT2D eigenvalue weighted by Crippen LogP contribution is 2.37. The fourth-order valence-electron chi connectivity index (χ4n) is 3.23. The van der Waals surface area contributed by atoms with Gasteiger partial charge in [0.25, 0.3) is 11.8 Å². The molecule has 142 valence electrons. The van der Waals surface area contributed by atoms with E-state index in [1.165, 1.54) is 6.20 Å². The van der Waals surface area contributed by atoms with Gasteiger partial charge in [-0.2, -0.15) is 0 Å². The maximum Gasteiger partial charge on any atom is 0.257 e. The Labute approximate surface area is 165 Å². The Morgan fingerprint density at radius 2 is 1.93 bits per heavy atom. The molecule has 0 bridgehead atoms. The number of benzene rings is 1. The Morgan fingerprint density at radius 1 is 1.07 bits per heavy atom. The molecule has 2 aliphatic heterocycles. The first kappa shape index (κ1) is 16.9. The molecule has 0 fully saturated rings. The van der Waals surface area contributed by atoms with Crippen LogP contribution < -0.4 is 19.5 Å². The van der Waals surface area contributed by atoms with Gasteiger partial charge in [-0.1, -0.05) is 11.6 Å². The van der Waals surface area contributed by atoms with E-state index in [1.807, 2.05) is 4.57 Å². The number of amides is 1. The smallest absolute Gasteiger partial charge is 0.257 e. The van der Waals surface area contributed by atoms with Gasteiger partial charge >= 0.3 is 0 Å². The molecule has 0 aliphatic carbocycles. The molecule has 28 heavy (non-hydrogen) atoms. The molecule has 1 N–H and O–H groups in total. The molecule has 9 heteroatoms. The topological polar surface area (TPSA) is 87.5 Å². The molecule has 0 saturated carbocycles. The maximum absolute atomic E-state index is 12.8. The van der Waals surface area contributed by atoms with Crippen molar-refractivity contribution in [2.75, 3.05) is 25.1 Å². The van der Waals surface area contributed by atoms with E-state index in [0.29, 0.717) is 60.1 Å². The summed E-state index contributed by atoms with van der Waals surface area (Å²) in [6.07, 6.45) is 3.20. The van der Waals surface area contributed by atoms with Gasteiger partial charge in [0, 0.05) is 17.2 Å². The minimum atomic E-state index is -0.285. The first-order valence-electron chi connectivity index (χ1n) is 8.74. The zero-order valence-electron chi connectivity index (χ0n) is 14.6. The van der Waals surface area contributed by atoms with E-state index in [4.69, 9.17) is 25.8 Å². The highest BCUT2D eigenvalue weighted by molar-refractivity contribution is 6.32. The van der Waals surface area contributed by atoms with Gasteiger partial charge < -0.3 is 24.1 Å². The van der Waals surface area contributed by atoms with E-state index in [0.717, 1.165) is 11.3 Å². The molecule has 0 spiro atoms. The monoisotopic (exact) mass is 398 g/mol. The van der Waals surface area contributed by atoms with Gasteiger partial charge in [-0.25, -0.2) is 9.97 Å². The van der Waals surface area contributed by atoms with Crippen LogP contribution in [0.2, 0.25) is 5.15 Å². The number of carbonyl (C=O) groups excluding carboxylic acids is 1. The fourth-order valence-corrected chi connectivity index (χ4v) is 3.49. The summed E-state index contributed by atoms with van der Waals surface area (Å²) in [4.78, 5) is 21.1. The number of imidazole rings is 1. The van der Waals surface area contributed by atoms with Crippen LogP contribution in [-0.2, 0) is 6.54 Å². The molecule has 0 radical (unpaired) electrons. The zero-order valence-corrected chi connectivity index (χ0v) is 15.4. The standard InChI is InChI=1S/C19H15ClN4O4/c20-17-16-13-7-11(1-2-14(13)26-4-3-24(16)10-22-17)18(25)23-12-8-15-19(21-9-12)28-6-5-27-15/h1-2,7-10H,3-6H2,(H,23,25). The second-order valence-corrected chi connectivity index (χ2v) is 6.67. The average Bonchev–Trinajstić information content (AvgIpc) is 2.97. The third-order valence-electron chi connectivity index (χ3n) is 4.54. The van der Waals surface area contributed by atoms with Crippen LogP contribution in [0.15, 0.2) is 36.8 Å². The van der Waals surface area contributed by atoms with Crippen LogP contribution >= 0.6 is 11.6 Å². The molecule has 2 aromatic heterocycles. The molecule has 2 aliphatic rings. The van der Waals surface area contributed by atoms with Crippen molar-refractivity contribution >= 4 is 23.2 Å². The van der Waals surface area contributed by atoms with Crippen molar-refractivity contribution in [2.45, 2.75) is 6.54 Å². The Balaban J connectivity index is 1.46. The summed E-state index contributed by atoms with van der Waals surface area (Å²) in [6, 6.07) is 6.92. The minimum absolute atomic E-state index is 0.285. The lowest BCUT2D eigenvalue weighted by atomic mass is 10.1. The lowest BCUT2D eigenvalue weighted by Crippen LogP contribution is -2.17. The van der Waals surface area contributed by atoms with E-state index < -0.39 is 0 Å². The van der Waals surface area contributed by atoms with Crippen molar-refractivity contribution in [1.29, 1.82) is 0 Å². The number of fused-ring (bicyclic) bond motifs is 4. The van der Waals surface area contributed by atoms with Gasteiger partial charge in [-0.05, 0) is 18.2 Å². The lowest BCUT2D eigenvalue weighted by molar-refractivity contribution is 0.102. The summed E-state index contributed by atoms with van der Waals surface area (Å²) in [5, 5.41) is 3.21. The number of pyridine rings is 1. The fraction of sp³-hybridized carbons (Fsp3) is 0.211. The number of hydrogen-bond donors (Lipinski definition) is 1. The first-order chi connectivity index (χ1) is 13.7. The van der Waals surface area contributed by atoms with E-state index >= 15 is 0 Å². The summed E-state index contributed by atoms with van der Waals surface area (Å²) >= 11 is 6.27. The summed E-state index contributed by atoms with van der Waals surface area (Å²) in [5.41, 5.74) is 2.45. The number of aromatic nitrogens is 3. The van der Waals surface area contributed by atoms with Gasteiger partial charge in [0.2, 0.25) is 0 Å². The van der Waals surface area contributed by atoms with Gasteiger partial charge in [0.15, 0.2) is 10.9 Å². The van der Waals surface area contributed by atoms with Crippen LogP contribution in [0.25, 0.3) is 11.3 Å². The van der Waals surface area contributed by atoms with E-state index in [-0.39, 0.29) is 5.91 Å². The molecule has 1 aromatic carbocycles. The van der Waals surface area contributed by atoms with Crippen LogP contribution in [0.3, 0.4) is 0 Å². The predicted octanol–water partition coefficient (Wildman–Crippen LogP) is 3.01. The SMILES string of the molecule is O=C(Nc1cnc2c(c1)OCCO2)c1ccc2c(c1)-c1c(Cl)ncn1CCO2. The summed E-state index contributed by atoms with van der Waals surface area (Å²) < 4.78 is 18.6. The Kier molecular flexibility index (Phi) is 4.05. The van der Waals surface area contributed by atoms with Crippen LogP contribution in [0, 0.1) is 0 Å². The van der Waals surface area contributed by atoms with Crippen molar-refractivity contribution in [3.63, 3.8) is 0 Å². The Hall–Kier alpha value is -3.26. The zero-order chi connectivity index (χ0) is 19.1. The molecular weight excluding hydrogens is 384 g/mol. The molecule has 8 nitrogen and oxygen atoms in total. The minimum Gasteiger partial charge on any atom is -0.491 e. The lowest BCUT2D eigenvalue weighted by Gasteiger charge is -2.17. The second-order valence-electron chi connectivity index (χ2n) is 6.32. The number of rotatable bonds is 2. The van der Waals surface area contributed by atoms with Crippen LogP contribution in [-0.4, -0.2) is 40.3 Å². The quantitative estimate of drug-likeness (QED) is 0.714. The largest absolute Gasteiger partial charge is 0.491 e. The highest BCUT2D eigenvalue weighted by Gasteiger charge is 2.22. The van der Waals surface area contributed by atoms with Crippen molar-refractivity contribution in [3.05, 3.63) is 47.5 Å². The van der Waals surface area contributed by atoms with Crippen LogP contribution in [0.5, 0.6) is 17.4 Å². The molecule has 1 amide bonds. The Bertz CT molecular complexity index is 1080. The van der Waals surface area contributed by atoms with Crippen LogP contribution in [0.1, 0.15) is 10.4 Å². The number of nitrogens with one attached hydrogen (secondary N) is 1. The van der Waals surface area contributed by atoms with Crippen molar-refractivity contribution < 1.29 is 19.0 Å². The predicted molar refractivity (Wildman–Crippen MR) is 101 cm³/mol. The summed E-state index contributed by atoms with van der Waals surface area (Å²) in [7, 11) is 0. The molecule has 0 saturated heterocycles. The second kappa shape index (κ2) is 6.72. The molecule has 0 unspecified atom stereocenters. The van der Waals surface area contributed by atoms with Gasteiger partial charge in [-0.15, -0.1) is 0 Å². The van der Waals surface area contributed by atoms with Crippen molar-refractivity contribution in [3.8, 4) is 28.6 Å². The third-order valence-corrected chi connectivity index (χ3v) is 4.81. The van der Waals surface area contributed by atoms with Crippen molar-refractivity contribution in [1.82, 2.24) is 14.5 Å². The highest BCUT2D eigenvalue weighted by atomic mass is 35.5. The number of carbonyl (C=O) groups is 1. The number of hydrogen-bond acceptors (Lipinski definition) is 6. The molecule has 0 atom stereocenters. The number of ether oxygens (including phenoxy) is 3. The van der Waals surface area contributed by atoms with Gasteiger partial charge in [-0.3, -0.25) is 4.79 Å². The third kappa shape index (κ3) is 2.91. The van der Waals surface area contributed by atoms with E-state index in [1.54, 1.807) is 30.6 Å². The normalized spacial score (nSPS) is 14.3. The average molecular weight is 399 g/mol. The van der Waals surface area contributed by atoms with Gasteiger partial charge in [0.1, 0.15) is 25.6 Å². The molecule has 3 aromatic rings. The molecule has 4 heterocycles. The summed E-state index contributed by atoms with van der Waals surface area (Å²) in [6.45, 7) is 2.04. The number of nitrogens with zero attached hydrogens (tertiary/aromatic N) is 3. The van der Waals surface area contributed by atoms with Crippen LogP contribution in [0.4, 0.5) is 5.69 Å². The van der Waals surface area contributed by atoms with Gasteiger partial charge in [0.05, 0.1) is 30.5 Å². The Morgan fingerprint density at radius 3 is 2.86 bits per heavy atom. The maximum atomic E-state index is 12.8. The van der Waals surface area contributed by atoms with Crippen molar-refractivity contribution in [2.24, 2.45) is 0 Å². The van der Waals surface area contributed by atoms with E-state index in [2.05, 4.69) is 15.3 Å². The molecule has 5 rings (SSSR count). The van der Waals surface area contributed by atoms with E-state index in [9.17, 15) is 4.79 Å².